The number of rotatable bonds is 0. The van der Waals surface area contributed by atoms with Crippen LogP contribution in [0.3, 0.4) is 0 Å². The molecule has 0 aliphatic carbocycles. The fourth-order valence-electron chi connectivity index (χ4n) is 2.21. The van der Waals surface area contributed by atoms with Crippen molar-refractivity contribution in [2.24, 2.45) is 0 Å². The molecule has 0 saturated heterocycles. The van der Waals surface area contributed by atoms with Crippen molar-refractivity contribution < 1.29 is 8.83 Å². The van der Waals surface area contributed by atoms with Gasteiger partial charge in [-0.25, -0.2) is 0 Å². The maximum Gasteiger partial charge on any atom is 0.293 e. The maximum absolute atomic E-state index is 6.12. The van der Waals surface area contributed by atoms with Crippen LogP contribution in [0.5, 0.6) is 0 Å². The molecule has 0 amide bonds. The lowest BCUT2D eigenvalue weighted by atomic mass is 10.1. The molecule has 0 N–H and O–H groups in total. The molecule has 0 aliphatic heterocycles. The molecule has 0 radical (unpaired) electrons. The molecule has 4 rings (SSSR count). The minimum atomic E-state index is 0.119. The minimum absolute atomic E-state index is 0.119. The van der Waals surface area contributed by atoms with Crippen molar-refractivity contribution >= 4 is 56.2 Å². The zero-order chi connectivity index (χ0) is 12.3. The van der Waals surface area contributed by atoms with E-state index in [9.17, 15) is 0 Å². The van der Waals surface area contributed by atoms with E-state index in [1.54, 1.807) is 6.07 Å². The van der Waals surface area contributed by atoms with Crippen LogP contribution in [-0.4, -0.2) is 4.98 Å². The molecule has 0 aliphatic rings. The predicted molar refractivity (Wildman–Crippen MR) is 71.3 cm³/mol. The summed E-state index contributed by atoms with van der Waals surface area (Å²) >= 11 is 11.9. The van der Waals surface area contributed by atoms with E-state index in [4.69, 9.17) is 32.0 Å². The van der Waals surface area contributed by atoms with Gasteiger partial charge in [-0.05, 0) is 29.8 Å². The lowest BCUT2D eigenvalue weighted by Gasteiger charge is -1.91. The summed E-state index contributed by atoms with van der Waals surface area (Å²) in [5.74, 6) is 0. The van der Waals surface area contributed by atoms with Crippen LogP contribution in [-0.2, 0) is 0 Å². The summed E-state index contributed by atoms with van der Waals surface area (Å²) in [5.41, 5.74) is 2.68. The Morgan fingerprint density at radius 2 is 1.83 bits per heavy atom. The Labute approximate surface area is 111 Å². The van der Waals surface area contributed by atoms with Crippen molar-refractivity contribution in [1.29, 1.82) is 0 Å². The highest BCUT2D eigenvalue weighted by molar-refractivity contribution is 6.36. The van der Waals surface area contributed by atoms with Crippen LogP contribution in [0.1, 0.15) is 0 Å². The van der Waals surface area contributed by atoms with Crippen LogP contribution in [0, 0.1) is 0 Å². The maximum atomic E-state index is 6.12. The molecule has 5 heteroatoms. The van der Waals surface area contributed by atoms with Gasteiger partial charge in [-0.3, -0.25) is 0 Å². The average Bonchev–Trinajstić information content (AvgIpc) is 2.88. The van der Waals surface area contributed by atoms with Crippen LogP contribution in [0.25, 0.3) is 33.0 Å². The zero-order valence-corrected chi connectivity index (χ0v) is 10.4. The second-order valence-electron chi connectivity index (χ2n) is 3.97. The van der Waals surface area contributed by atoms with Gasteiger partial charge in [0.15, 0.2) is 11.2 Å². The predicted octanol–water partition coefficient (Wildman–Crippen LogP) is 5.03. The molecule has 0 atom stereocenters. The van der Waals surface area contributed by atoms with Gasteiger partial charge in [0.05, 0.1) is 10.4 Å². The Bertz CT molecular complexity index is 907. The van der Waals surface area contributed by atoms with Gasteiger partial charge >= 0.3 is 0 Å². The first kappa shape index (κ1) is 10.2. The van der Waals surface area contributed by atoms with E-state index >= 15 is 0 Å². The van der Waals surface area contributed by atoms with Crippen LogP contribution in [0.15, 0.2) is 39.2 Å². The second-order valence-corrected chi connectivity index (χ2v) is 4.70. The number of oxazole rings is 1. The summed E-state index contributed by atoms with van der Waals surface area (Å²) in [6, 6.07) is 9.24. The first-order chi connectivity index (χ1) is 8.74. The van der Waals surface area contributed by atoms with Crippen molar-refractivity contribution in [2.45, 2.75) is 0 Å². The largest absolute Gasteiger partial charge is 0.454 e. The summed E-state index contributed by atoms with van der Waals surface area (Å²) in [5, 5.41) is 2.44. The number of para-hydroxylation sites is 1. The highest BCUT2D eigenvalue weighted by atomic mass is 35.5. The van der Waals surface area contributed by atoms with Crippen LogP contribution >= 0.6 is 23.2 Å². The van der Waals surface area contributed by atoms with E-state index in [-0.39, 0.29) is 5.35 Å². The Kier molecular flexibility index (Phi) is 1.93. The Hall–Kier alpha value is -1.71. The zero-order valence-electron chi connectivity index (χ0n) is 8.91. The fourth-order valence-corrected chi connectivity index (χ4v) is 2.59. The smallest absolute Gasteiger partial charge is 0.293 e. The number of hydrogen-bond donors (Lipinski definition) is 0. The van der Waals surface area contributed by atoms with Crippen LogP contribution in [0.2, 0.25) is 10.4 Å². The summed E-state index contributed by atoms with van der Waals surface area (Å²) in [6.07, 6.45) is 0. The molecule has 0 spiro atoms. The number of fused-ring (bicyclic) bond motifs is 5. The second kappa shape index (κ2) is 3.40. The molecule has 3 nitrogen and oxygen atoms in total. The van der Waals surface area contributed by atoms with Crippen LogP contribution < -0.4 is 0 Å². The highest BCUT2D eigenvalue weighted by Gasteiger charge is 2.16. The number of hydrogen-bond acceptors (Lipinski definition) is 3. The van der Waals surface area contributed by atoms with Gasteiger partial charge in [-0.15, -0.1) is 0 Å². The number of benzene rings is 2. The molecule has 2 aromatic heterocycles. The van der Waals surface area contributed by atoms with Crippen molar-refractivity contribution in [3.8, 4) is 0 Å². The van der Waals surface area contributed by atoms with Gasteiger partial charge in [0.25, 0.3) is 5.35 Å². The molecule has 0 unspecified atom stereocenters. The minimum Gasteiger partial charge on any atom is -0.454 e. The van der Waals surface area contributed by atoms with Gasteiger partial charge in [-0.1, -0.05) is 23.7 Å². The summed E-state index contributed by atoms with van der Waals surface area (Å²) in [4.78, 5) is 4.10. The monoisotopic (exact) mass is 277 g/mol. The van der Waals surface area contributed by atoms with Gasteiger partial charge in [0.1, 0.15) is 11.1 Å². The van der Waals surface area contributed by atoms with Crippen molar-refractivity contribution in [3.63, 3.8) is 0 Å². The van der Waals surface area contributed by atoms with Crippen molar-refractivity contribution in [3.05, 3.63) is 40.7 Å². The van der Waals surface area contributed by atoms with E-state index in [0.717, 1.165) is 10.8 Å². The third-order valence-corrected chi connectivity index (χ3v) is 3.40. The van der Waals surface area contributed by atoms with E-state index in [0.29, 0.717) is 27.3 Å². The molecular formula is C13H5Cl2NO2. The third-order valence-electron chi connectivity index (χ3n) is 2.94. The average molecular weight is 278 g/mol. The van der Waals surface area contributed by atoms with E-state index in [1.807, 2.05) is 24.3 Å². The molecule has 18 heavy (non-hydrogen) atoms. The third kappa shape index (κ3) is 1.23. The number of nitrogens with zero attached hydrogens (tertiary/aromatic N) is 1. The lowest BCUT2D eigenvalue weighted by molar-refractivity contribution is 0.607. The molecule has 2 aromatic carbocycles. The topological polar surface area (TPSA) is 39.2 Å². The number of furan rings is 1. The van der Waals surface area contributed by atoms with Crippen LogP contribution in [0.4, 0.5) is 0 Å². The molecule has 2 heterocycles. The Morgan fingerprint density at radius 3 is 2.72 bits per heavy atom. The lowest BCUT2D eigenvalue weighted by Crippen LogP contribution is -1.70. The van der Waals surface area contributed by atoms with Gasteiger partial charge < -0.3 is 8.83 Å². The normalized spacial score (nSPS) is 11.9. The first-order valence-corrected chi connectivity index (χ1v) is 6.05. The Balaban J connectivity index is 2.36. The molecule has 0 saturated carbocycles. The van der Waals surface area contributed by atoms with Crippen molar-refractivity contribution in [1.82, 2.24) is 4.98 Å². The summed E-state index contributed by atoms with van der Waals surface area (Å²) in [7, 11) is 0. The molecular weight excluding hydrogens is 273 g/mol. The van der Waals surface area contributed by atoms with E-state index in [1.165, 1.54) is 0 Å². The SMILES string of the molecule is Clc1nc2ccc3oc4c(Cl)cccc4c3c2o1. The molecule has 88 valence electrons. The fraction of sp³-hybridized carbons (Fsp3) is 0. The quantitative estimate of drug-likeness (QED) is 0.452. The summed E-state index contributed by atoms with van der Waals surface area (Å²) in [6.45, 7) is 0. The Morgan fingerprint density at radius 1 is 0.944 bits per heavy atom. The summed E-state index contributed by atoms with van der Waals surface area (Å²) < 4.78 is 11.2. The standard InChI is InChI=1S/C13H5Cl2NO2/c14-7-3-1-2-6-10-9(17-11(6)7)5-4-8-12(10)18-13(15)16-8/h1-5H. The van der Waals surface area contributed by atoms with Gasteiger partial charge in [0.2, 0.25) is 0 Å². The first-order valence-electron chi connectivity index (χ1n) is 5.30. The number of halogens is 2. The molecule has 4 aromatic rings. The van der Waals surface area contributed by atoms with Crippen molar-refractivity contribution in [2.75, 3.05) is 0 Å². The highest BCUT2D eigenvalue weighted by Crippen LogP contribution is 2.37. The molecule has 0 fully saturated rings. The van der Waals surface area contributed by atoms with Gasteiger partial charge in [0, 0.05) is 5.39 Å². The van der Waals surface area contributed by atoms with E-state index in [2.05, 4.69) is 4.98 Å². The van der Waals surface area contributed by atoms with Gasteiger partial charge in [-0.2, -0.15) is 4.98 Å². The molecule has 0 bridgehead atoms. The number of aromatic nitrogens is 1. The van der Waals surface area contributed by atoms with E-state index < -0.39 is 0 Å².